The Morgan fingerprint density at radius 2 is 1.87 bits per heavy atom. The molecule has 11 nitrogen and oxygen atoms in total. The first-order chi connectivity index (χ1) is 22.1. The summed E-state index contributed by atoms with van der Waals surface area (Å²) in [5, 5.41) is 5.84. The maximum atomic E-state index is 14.2. The number of aryl methyl sites for hydroxylation is 2. The molecule has 3 aromatic carbocycles. The quantitative estimate of drug-likeness (QED) is 0.177. The average molecular weight is 645 g/mol. The van der Waals surface area contributed by atoms with Crippen molar-refractivity contribution in [1.29, 1.82) is 0 Å². The summed E-state index contributed by atoms with van der Waals surface area (Å²) in [7, 11) is 1.25. The molecular formula is C34H36N4O7S. The minimum absolute atomic E-state index is 0.000204. The molecule has 1 amide bonds. The Labute approximate surface area is 267 Å². The molecule has 1 aliphatic rings. The van der Waals surface area contributed by atoms with Crippen LogP contribution in [0.2, 0.25) is 0 Å². The lowest BCUT2D eigenvalue weighted by Gasteiger charge is -2.32. The SMILES string of the molecule is COc1ccc2c(c1)N(C(=O)CCc1nc(-c3occ4ccccc34)no1)C(OS(=O)(=O)c1ccc(C)cc1)CC(CN(C)C)C2. The summed E-state index contributed by atoms with van der Waals surface area (Å²) in [4.78, 5) is 22.2. The lowest BCUT2D eigenvalue weighted by atomic mass is 9.96. The van der Waals surface area contributed by atoms with E-state index >= 15 is 0 Å². The zero-order valence-corrected chi connectivity index (χ0v) is 27.0. The van der Waals surface area contributed by atoms with Crippen molar-refractivity contribution >= 4 is 32.5 Å². The fourth-order valence-corrected chi connectivity index (χ4v) is 6.93. The van der Waals surface area contributed by atoms with Gasteiger partial charge in [0.15, 0.2) is 12.0 Å². The van der Waals surface area contributed by atoms with Crippen LogP contribution in [0.15, 0.2) is 86.8 Å². The van der Waals surface area contributed by atoms with Gasteiger partial charge in [0.05, 0.1) is 24.0 Å². The van der Waals surface area contributed by atoms with Crippen LogP contribution in [0, 0.1) is 12.8 Å². The molecule has 0 saturated heterocycles. The maximum absolute atomic E-state index is 14.2. The molecule has 0 bridgehead atoms. The molecule has 0 saturated carbocycles. The van der Waals surface area contributed by atoms with Crippen LogP contribution in [0.3, 0.4) is 0 Å². The van der Waals surface area contributed by atoms with Gasteiger partial charge < -0.3 is 18.6 Å². The van der Waals surface area contributed by atoms with E-state index in [1.807, 2.05) is 62.3 Å². The number of carbonyl (C=O) groups excluding carboxylic acids is 1. The molecule has 1 aliphatic heterocycles. The van der Waals surface area contributed by atoms with E-state index in [9.17, 15) is 13.2 Å². The summed E-state index contributed by atoms with van der Waals surface area (Å²) in [5.74, 6) is 1.19. The van der Waals surface area contributed by atoms with Crippen LogP contribution in [0.4, 0.5) is 5.69 Å². The molecule has 12 heteroatoms. The predicted octanol–water partition coefficient (Wildman–Crippen LogP) is 5.62. The Bertz CT molecular complexity index is 1950. The van der Waals surface area contributed by atoms with Crippen LogP contribution >= 0.6 is 0 Å². The van der Waals surface area contributed by atoms with Gasteiger partial charge in [-0.3, -0.25) is 9.69 Å². The van der Waals surface area contributed by atoms with Gasteiger partial charge in [-0.2, -0.15) is 13.4 Å². The Balaban J connectivity index is 1.32. The molecule has 2 unspecified atom stereocenters. The van der Waals surface area contributed by atoms with Gasteiger partial charge in [0, 0.05) is 36.2 Å². The highest BCUT2D eigenvalue weighted by Gasteiger charge is 2.37. The Kier molecular flexibility index (Phi) is 8.94. The van der Waals surface area contributed by atoms with Crippen molar-refractivity contribution in [3.05, 3.63) is 90.0 Å². The van der Waals surface area contributed by atoms with Gasteiger partial charge in [-0.25, -0.2) is 4.18 Å². The van der Waals surface area contributed by atoms with E-state index in [1.54, 1.807) is 31.6 Å². The highest BCUT2D eigenvalue weighted by molar-refractivity contribution is 7.86. The summed E-state index contributed by atoms with van der Waals surface area (Å²) in [6, 6.07) is 19.6. The van der Waals surface area contributed by atoms with Crippen LogP contribution < -0.4 is 9.64 Å². The van der Waals surface area contributed by atoms with Gasteiger partial charge in [-0.15, -0.1) is 0 Å². The van der Waals surface area contributed by atoms with Crippen molar-refractivity contribution < 1.29 is 31.1 Å². The number of benzene rings is 3. The number of anilines is 1. The zero-order chi connectivity index (χ0) is 32.4. The summed E-state index contributed by atoms with van der Waals surface area (Å²) in [6.45, 7) is 2.55. The number of hydrogen-bond acceptors (Lipinski definition) is 10. The molecule has 0 fully saturated rings. The van der Waals surface area contributed by atoms with Crippen LogP contribution in [0.5, 0.6) is 5.75 Å². The first-order valence-corrected chi connectivity index (χ1v) is 16.4. The summed E-state index contributed by atoms with van der Waals surface area (Å²) in [6.07, 6.45) is 1.52. The maximum Gasteiger partial charge on any atom is 0.298 e. The van der Waals surface area contributed by atoms with Crippen LogP contribution in [-0.4, -0.2) is 63.3 Å². The number of aromatic nitrogens is 2. The van der Waals surface area contributed by atoms with Crippen molar-refractivity contribution in [3.8, 4) is 17.3 Å². The van der Waals surface area contributed by atoms with Gasteiger partial charge in [0.1, 0.15) is 5.75 Å². The van der Waals surface area contributed by atoms with Crippen molar-refractivity contribution in [2.75, 3.05) is 32.6 Å². The molecule has 0 aliphatic carbocycles. The topological polar surface area (TPSA) is 128 Å². The van der Waals surface area contributed by atoms with Crippen LogP contribution in [-0.2, 0) is 31.9 Å². The molecule has 3 heterocycles. The zero-order valence-electron chi connectivity index (χ0n) is 26.2. The highest BCUT2D eigenvalue weighted by Crippen LogP contribution is 2.37. The van der Waals surface area contributed by atoms with E-state index in [-0.39, 0.29) is 41.3 Å². The largest absolute Gasteiger partial charge is 0.497 e. The van der Waals surface area contributed by atoms with E-state index in [1.165, 1.54) is 17.0 Å². The number of fused-ring (bicyclic) bond motifs is 2. The number of ether oxygens (including phenoxy) is 1. The number of methoxy groups -OCH3 is 1. The van der Waals surface area contributed by atoms with E-state index in [2.05, 4.69) is 10.1 Å². The third-order valence-electron chi connectivity index (χ3n) is 8.06. The normalized spacial score (nSPS) is 16.8. The standard InChI is InChI=1S/C34H36N4O7S/c1-22-9-13-27(14-10-22)46(40,41)45-32-18-23(20-37(2)3)17-24-11-12-26(42-4)19-29(24)38(32)31(39)16-15-30-35-34(36-44-30)33-28-8-6-5-7-25(28)21-43-33/h5-14,19,21,23,32H,15-18,20H2,1-4H3. The Hall–Kier alpha value is -4.52. The van der Waals surface area contributed by atoms with E-state index in [0.717, 1.165) is 21.9 Å². The molecular weight excluding hydrogens is 608 g/mol. The Morgan fingerprint density at radius 1 is 1.09 bits per heavy atom. The molecule has 6 rings (SSSR count). The first-order valence-electron chi connectivity index (χ1n) is 15.0. The molecule has 0 N–H and O–H groups in total. The third-order valence-corrected chi connectivity index (χ3v) is 9.38. The molecule has 0 radical (unpaired) electrons. The Morgan fingerprint density at radius 3 is 2.63 bits per heavy atom. The predicted molar refractivity (Wildman–Crippen MR) is 172 cm³/mol. The smallest absolute Gasteiger partial charge is 0.298 e. The van der Waals surface area contributed by atoms with E-state index < -0.39 is 16.3 Å². The van der Waals surface area contributed by atoms with Crippen LogP contribution in [0.25, 0.3) is 22.4 Å². The lowest BCUT2D eigenvalue weighted by molar-refractivity contribution is -0.120. The van der Waals surface area contributed by atoms with Crippen molar-refractivity contribution in [1.82, 2.24) is 15.0 Å². The van der Waals surface area contributed by atoms with Gasteiger partial charge in [0.25, 0.3) is 10.1 Å². The highest BCUT2D eigenvalue weighted by atomic mass is 32.2. The monoisotopic (exact) mass is 644 g/mol. The van der Waals surface area contributed by atoms with Gasteiger partial charge in [-0.1, -0.05) is 53.2 Å². The van der Waals surface area contributed by atoms with Crippen molar-refractivity contribution in [2.45, 2.75) is 43.7 Å². The van der Waals surface area contributed by atoms with Gasteiger partial charge in [-0.05, 0) is 63.5 Å². The molecule has 5 aromatic rings. The number of hydrogen-bond donors (Lipinski definition) is 0. The summed E-state index contributed by atoms with van der Waals surface area (Å²) in [5.41, 5.74) is 2.36. The van der Waals surface area contributed by atoms with Crippen molar-refractivity contribution in [3.63, 3.8) is 0 Å². The molecule has 46 heavy (non-hydrogen) atoms. The molecule has 2 aromatic heterocycles. The third kappa shape index (κ3) is 6.69. The summed E-state index contributed by atoms with van der Waals surface area (Å²) >= 11 is 0. The number of rotatable bonds is 10. The number of carbonyl (C=O) groups is 1. The number of nitrogens with zero attached hydrogens (tertiary/aromatic N) is 4. The minimum Gasteiger partial charge on any atom is -0.497 e. The van der Waals surface area contributed by atoms with E-state index in [4.69, 9.17) is 17.9 Å². The van der Waals surface area contributed by atoms with Crippen LogP contribution in [0.1, 0.15) is 29.9 Å². The molecule has 240 valence electrons. The second-order valence-corrected chi connectivity index (χ2v) is 13.4. The fraction of sp³-hybridized carbons (Fsp3) is 0.324. The van der Waals surface area contributed by atoms with Gasteiger partial charge >= 0.3 is 0 Å². The molecule has 2 atom stereocenters. The van der Waals surface area contributed by atoms with Crippen molar-refractivity contribution in [2.24, 2.45) is 5.92 Å². The second-order valence-electron chi connectivity index (χ2n) is 11.8. The lowest BCUT2D eigenvalue weighted by Crippen LogP contribution is -2.44. The fourth-order valence-electron chi connectivity index (χ4n) is 5.90. The van der Waals surface area contributed by atoms with Gasteiger partial charge in [0.2, 0.25) is 17.6 Å². The minimum atomic E-state index is -4.23. The first kappa shape index (κ1) is 31.5. The van der Waals surface area contributed by atoms with E-state index in [0.29, 0.717) is 36.6 Å². The number of amides is 1. The number of furan rings is 1. The summed E-state index contributed by atoms with van der Waals surface area (Å²) < 4.78 is 49.9. The average Bonchev–Trinajstić information content (AvgIpc) is 3.64. The molecule has 0 spiro atoms. The second kappa shape index (κ2) is 13.1.